The van der Waals surface area contributed by atoms with E-state index in [9.17, 15) is 18.5 Å². The van der Waals surface area contributed by atoms with Gasteiger partial charge in [0.25, 0.3) is 0 Å². The summed E-state index contributed by atoms with van der Waals surface area (Å²) in [6, 6.07) is 6.05. The molecule has 0 unspecified atom stereocenters. The summed E-state index contributed by atoms with van der Waals surface area (Å²) in [5.41, 5.74) is 0.902. The number of hydrogen-bond acceptors (Lipinski definition) is 4. The van der Waals surface area contributed by atoms with E-state index in [0.717, 1.165) is 24.8 Å². The van der Waals surface area contributed by atoms with Crippen LogP contribution in [0.4, 0.5) is 0 Å². The molecule has 20 heavy (non-hydrogen) atoms. The van der Waals surface area contributed by atoms with Crippen LogP contribution < -0.4 is 0 Å². The molecule has 0 saturated heterocycles. The van der Waals surface area contributed by atoms with Gasteiger partial charge in [-0.2, -0.15) is 8.42 Å². The van der Waals surface area contributed by atoms with Gasteiger partial charge in [0.15, 0.2) is 5.03 Å². The normalized spacial score (nSPS) is 11.3. The molecule has 0 bridgehead atoms. The first-order chi connectivity index (χ1) is 9.39. The number of nitrogens with zero attached hydrogens (tertiary/aromatic N) is 2. The van der Waals surface area contributed by atoms with E-state index < -0.39 is 15.1 Å². The van der Waals surface area contributed by atoms with Crippen molar-refractivity contribution in [3.05, 3.63) is 39.9 Å². The number of hydrazine groups is 1. The summed E-state index contributed by atoms with van der Waals surface area (Å²) in [4.78, 5) is 11.0. The van der Waals surface area contributed by atoms with Crippen molar-refractivity contribution in [2.24, 2.45) is 0 Å². The SMILES string of the molecule is CCCCCCN([N+](=O)[O-])S(=O)(=O)c1ccc(C)cc1. The molecule has 0 saturated carbocycles. The first-order valence-electron chi connectivity index (χ1n) is 6.63. The van der Waals surface area contributed by atoms with Crippen LogP contribution in [0.5, 0.6) is 0 Å². The van der Waals surface area contributed by atoms with Crippen LogP contribution in [-0.4, -0.2) is 24.4 Å². The summed E-state index contributed by atoms with van der Waals surface area (Å²) in [5, 5.41) is 10.2. The molecule has 1 rings (SSSR count). The number of benzene rings is 1. The van der Waals surface area contributed by atoms with Crippen LogP contribution in [0, 0.1) is 17.0 Å². The topological polar surface area (TPSA) is 80.5 Å². The van der Waals surface area contributed by atoms with Crippen molar-refractivity contribution in [3.8, 4) is 0 Å². The average molecular weight is 300 g/mol. The van der Waals surface area contributed by atoms with E-state index in [2.05, 4.69) is 0 Å². The highest BCUT2D eigenvalue weighted by Gasteiger charge is 2.32. The fourth-order valence-corrected chi connectivity index (χ4v) is 3.06. The van der Waals surface area contributed by atoms with Crippen LogP contribution >= 0.6 is 0 Å². The summed E-state index contributed by atoms with van der Waals surface area (Å²) >= 11 is 0. The Morgan fingerprint density at radius 2 is 1.75 bits per heavy atom. The smallest absolute Gasteiger partial charge is 0.234 e. The molecule has 0 radical (unpaired) electrons. The zero-order chi connectivity index (χ0) is 15.2. The third-order valence-electron chi connectivity index (χ3n) is 2.98. The third-order valence-corrected chi connectivity index (χ3v) is 4.72. The molecule has 112 valence electrons. The van der Waals surface area contributed by atoms with Crippen LogP contribution in [-0.2, 0) is 10.0 Å². The van der Waals surface area contributed by atoms with Gasteiger partial charge in [-0.05, 0) is 29.9 Å². The van der Waals surface area contributed by atoms with Crippen LogP contribution in [0.3, 0.4) is 0 Å². The Hall–Kier alpha value is -1.63. The van der Waals surface area contributed by atoms with Crippen molar-refractivity contribution >= 4 is 10.0 Å². The first-order valence-corrected chi connectivity index (χ1v) is 8.07. The quantitative estimate of drug-likeness (QED) is 0.420. The van der Waals surface area contributed by atoms with Gasteiger partial charge in [0.2, 0.25) is 0 Å². The number of rotatable bonds is 8. The van der Waals surface area contributed by atoms with Crippen molar-refractivity contribution in [2.45, 2.75) is 44.4 Å². The number of nitro groups is 1. The van der Waals surface area contributed by atoms with Gasteiger partial charge in [-0.25, -0.2) is 10.1 Å². The van der Waals surface area contributed by atoms with Crippen LogP contribution in [0.25, 0.3) is 0 Å². The van der Waals surface area contributed by atoms with Crippen molar-refractivity contribution in [2.75, 3.05) is 6.54 Å². The summed E-state index contributed by atoms with van der Waals surface area (Å²) in [6.07, 6.45) is 3.20. The van der Waals surface area contributed by atoms with Gasteiger partial charge in [-0.1, -0.05) is 43.9 Å². The number of sulfonamides is 1. The Morgan fingerprint density at radius 1 is 1.15 bits per heavy atom. The van der Waals surface area contributed by atoms with E-state index in [4.69, 9.17) is 0 Å². The second kappa shape index (κ2) is 7.23. The highest BCUT2D eigenvalue weighted by molar-refractivity contribution is 7.89. The van der Waals surface area contributed by atoms with Gasteiger partial charge in [0, 0.05) is 0 Å². The maximum atomic E-state index is 12.2. The Balaban J connectivity index is 2.89. The van der Waals surface area contributed by atoms with Crippen LogP contribution in [0.15, 0.2) is 29.2 Å². The van der Waals surface area contributed by atoms with E-state index >= 15 is 0 Å². The molecule has 1 aromatic carbocycles. The first kappa shape index (κ1) is 16.4. The molecule has 0 heterocycles. The van der Waals surface area contributed by atoms with E-state index in [-0.39, 0.29) is 11.4 Å². The zero-order valence-electron chi connectivity index (χ0n) is 11.8. The lowest BCUT2D eigenvalue weighted by atomic mass is 10.2. The van der Waals surface area contributed by atoms with Crippen molar-refractivity contribution in [3.63, 3.8) is 0 Å². The average Bonchev–Trinajstić information content (AvgIpc) is 2.38. The molecule has 6 nitrogen and oxygen atoms in total. The minimum atomic E-state index is -4.07. The van der Waals surface area contributed by atoms with E-state index in [0.29, 0.717) is 10.8 Å². The van der Waals surface area contributed by atoms with Gasteiger partial charge >= 0.3 is 10.0 Å². The van der Waals surface area contributed by atoms with E-state index in [1.54, 1.807) is 12.1 Å². The number of unbranched alkanes of at least 4 members (excludes halogenated alkanes) is 3. The molecule has 0 fully saturated rings. The summed E-state index contributed by atoms with van der Waals surface area (Å²) in [5.74, 6) is 0. The van der Waals surface area contributed by atoms with Crippen molar-refractivity contribution in [1.82, 2.24) is 4.41 Å². The van der Waals surface area contributed by atoms with Crippen LogP contribution in [0.1, 0.15) is 38.2 Å². The minimum Gasteiger partial charge on any atom is -0.234 e. The third kappa shape index (κ3) is 4.19. The van der Waals surface area contributed by atoms with E-state index in [1.807, 2.05) is 13.8 Å². The second-order valence-electron chi connectivity index (χ2n) is 4.66. The van der Waals surface area contributed by atoms with E-state index in [1.165, 1.54) is 12.1 Å². The molecule has 7 heteroatoms. The standard InChI is InChI=1S/C13H20N2O4S/c1-3-4-5-6-11-14(15(16)17)20(18,19)13-9-7-12(2)8-10-13/h7-10H,3-6,11H2,1-2H3. The zero-order valence-corrected chi connectivity index (χ0v) is 12.6. The van der Waals surface area contributed by atoms with Crippen molar-refractivity contribution in [1.29, 1.82) is 0 Å². The highest BCUT2D eigenvalue weighted by atomic mass is 32.2. The van der Waals surface area contributed by atoms with Crippen LogP contribution in [0.2, 0.25) is 0 Å². The number of aryl methyl sites for hydroxylation is 1. The summed E-state index contributed by atoms with van der Waals surface area (Å²) in [7, 11) is -4.07. The summed E-state index contributed by atoms with van der Waals surface area (Å²) < 4.78 is 24.8. The molecule has 0 aliphatic heterocycles. The Labute approximate surface area is 119 Å². The maximum absolute atomic E-state index is 12.2. The van der Waals surface area contributed by atoms with Gasteiger partial charge in [-0.15, -0.1) is 0 Å². The summed E-state index contributed by atoms with van der Waals surface area (Å²) in [6.45, 7) is 3.75. The molecule has 1 aromatic rings. The molecule has 0 aliphatic carbocycles. The molecule has 0 atom stereocenters. The molecule has 0 aromatic heterocycles. The highest BCUT2D eigenvalue weighted by Crippen LogP contribution is 2.17. The lowest BCUT2D eigenvalue weighted by Gasteiger charge is -2.14. The lowest BCUT2D eigenvalue weighted by molar-refractivity contribution is -0.620. The predicted molar refractivity (Wildman–Crippen MR) is 76.2 cm³/mol. The fourth-order valence-electron chi connectivity index (χ4n) is 1.80. The van der Waals surface area contributed by atoms with Gasteiger partial charge < -0.3 is 0 Å². The molecule has 0 aliphatic rings. The Morgan fingerprint density at radius 3 is 2.25 bits per heavy atom. The number of hydrogen-bond donors (Lipinski definition) is 0. The molecular formula is C13H20N2O4S. The lowest BCUT2D eigenvalue weighted by Crippen LogP contribution is -2.37. The molecule has 0 N–H and O–H groups in total. The largest absolute Gasteiger partial charge is 0.313 e. The maximum Gasteiger partial charge on any atom is 0.313 e. The fraction of sp³-hybridized carbons (Fsp3) is 0.538. The Bertz CT molecular complexity index is 540. The molecular weight excluding hydrogens is 280 g/mol. The second-order valence-corrected chi connectivity index (χ2v) is 6.51. The van der Waals surface area contributed by atoms with Crippen molar-refractivity contribution < 1.29 is 13.5 Å². The van der Waals surface area contributed by atoms with Gasteiger partial charge in [0.05, 0.1) is 11.4 Å². The molecule has 0 amide bonds. The Kier molecular flexibility index (Phi) is 5.94. The van der Waals surface area contributed by atoms with Gasteiger partial charge in [-0.3, -0.25) is 0 Å². The minimum absolute atomic E-state index is 0.0460. The van der Waals surface area contributed by atoms with Gasteiger partial charge in [0.1, 0.15) is 0 Å². The molecule has 0 spiro atoms. The monoisotopic (exact) mass is 300 g/mol. The predicted octanol–water partition coefficient (Wildman–Crippen LogP) is 2.76.